The average Bonchev–Trinajstić information content (AvgIpc) is 2.62. The predicted molar refractivity (Wildman–Crippen MR) is 96.3 cm³/mol. The molecule has 0 radical (unpaired) electrons. The van der Waals surface area contributed by atoms with E-state index in [1.54, 1.807) is 6.07 Å². The lowest BCUT2D eigenvalue weighted by atomic mass is 10.1. The Bertz CT molecular complexity index is 841. The number of anilines is 2. The number of nitrogens with zero attached hydrogens (tertiary/aromatic N) is 1. The summed E-state index contributed by atoms with van der Waals surface area (Å²) in [6, 6.07) is 28.0. The van der Waals surface area contributed by atoms with E-state index in [9.17, 15) is 0 Å². The zero-order valence-corrected chi connectivity index (χ0v) is 12.6. The highest BCUT2D eigenvalue weighted by molar-refractivity contribution is 5.71. The van der Waals surface area contributed by atoms with E-state index in [1.165, 1.54) is 5.56 Å². The third-order valence-electron chi connectivity index (χ3n) is 3.46. The normalized spacial score (nSPS) is 10.4. The fourth-order valence-corrected chi connectivity index (χ4v) is 2.27. The van der Waals surface area contributed by atoms with E-state index in [-0.39, 0.29) is 0 Å². The summed E-state index contributed by atoms with van der Waals surface area (Å²) in [4.78, 5) is 0. The maximum atomic E-state index is 8.93. The first-order chi connectivity index (χ1) is 11.3. The number of rotatable bonds is 4. The quantitative estimate of drug-likeness (QED) is 0.648. The molecule has 0 saturated carbocycles. The van der Waals surface area contributed by atoms with Crippen LogP contribution in [-0.2, 0) is 0 Å². The minimum atomic E-state index is 0.650. The third kappa shape index (κ3) is 4.09. The summed E-state index contributed by atoms with van der Waals surface area (Å²) in [5, 5.41) is 12.2. The highest BCUT2D eigenvalue weighted by Gasteiger charge is 1.96. The van der Waals surface area contributed by atoms with Gasteiger partial charge < -0.3 is 5.32 Å². The Kier molecular flexibility index (Phi) is 4.52. The molecule has 3 rings (SSSR count). The van der Waals surface area contributed by atoms with Crippen LogP contribution in [-0.4, -0.2) is 0 Å². The predicted octanol–water partition coefficient (Wildman–Crippen LogP) is 5.47. The van der Waals surface area contributed by atoms with E-state index in [0.29, 0.717) is 5.56 Å². The average molecular weight is 296 g/mol. The van der Waals surface area contributed by atoms with Crippen LogP contribution in [0.25, 0.3) is 12.2 Å². The lowest BCUT2D eigenvalue weighted by Crippen LogP contribution is -1.90. The lowest BCUT2D eigenvalue weighted by Gasteiger charge is -2.07. The number of hydrogen-bond acceptors (Lipinski definition) is 2. The third-order valence-corrected chi connectivity index (χ3v) is 3.46. The highest BCUT2D eigenvalue weighted by Crippen LogP contribution is 2.19. The van der Waals surface area contributed by atoms with Crippen molar-refractivity contribution in [2.75, 3.05) is 5.32 Å². The molecule has 0 aliphatic carbocycles. The molecule has 110 valence electrons. The summed E-state index contributed by atoms with van der Waals surface area (Å²) in [5.74, 6) is 0. The number of hydrogen-bond donors (Lipinski definition) is 1. The molecule has 0 aliphatic heterocycles. The second-order valence-electron chi connectivity index (χ2n) is 5.18. The van der Waals surface area contributed by atoms with E-state index >= 15 is 0 Å². The fourth-order valence-electron chi connectivity index (χ4n) is 2.27. The van der Waals surface area contributed by atoms with Crippen LogP contribution in [0.15, 0.2) is 78.9 Å². The molecule has 0 atom stereocenters. The fraction of sp³-hybridized carbons (Fsp3) is 0. The zero-order valence-electron chi connectivity index (χ0n) is 12.6. The molecule has 0 unspecified atom stereocenters. The van der Waals surface area contributed by atoms with Crippen molar-refractivity contribution in [3.63, 3.8) is 0 Å². The highest BCUT2D eigenvalue weighted by atomic mass is 14.9. The second kappa shape index (κ2) is 7.11. The Morgan fingerprint density at radius 2 is 1.39 bits per heavy atom. The van der Waals surface area contributed by atoms with E-state index in [2.05, 4.69) is 47.8 Å². The smallest absolute Gasteiger partial charge is 0.0992 e. The summed E-state index contributed by atoms with van der Waals surface area (Å²) >= 11 is 0. The Morgan fingerprint density at radius 3 is 2.09 bits per heavy atom. The largest absolute Gasteiger partial charge is 0.355 e. The van der Waals surface area contributed by atoms with Gasteiger partial charge in [-0.1, -0.05) is 60.7 Å². The van der Waals surface area contributed by atoms with E-state index in [4.69, 9.17) is 5.26 Å². The maximum absolute atomic E-state index is 8.93. The van der Waals surface area contributed by atoms with Crippen molar-refractivity contribution in [3.8, 4) is 6.07 Å². The van der Waals surface area contributed by atoms with Gasteiger partial charge in [0.05, 0.1) is 11.6 Å². The van der Waals surface area contributed by atoms with Gasteiger partial charge >= 0.3 is 0 Å². The molecule has 0 heterocycles. The van der Waals surface area contributed by atoms with Gasteiger partial charge in [-0.15, -0.1) is 0 Å². The van der Waals surface area contributed by atoms with Crippen molar-refractivity contribution >= 4 is 23.5 Å². The molecule has 0 amide bonds. The van der Waals surface area contributed by atoms with Crippen molar-refractivity contribution in [1.82, 2.24) is 0 Å². The van der Waals surface area contributed by atoms with Crippen LogP contribution in [0, 0.1) is 11.3 Å². The minimum absolute atomic E-state index is 0.650. The van der Waals surface area contributed by atoms with Crippen LogP contribution < -0.4 is 5.32 Å². The molecule has 0 aromatic heterocycles. The number of nitriles is 1. The van der Waals surface area contributed by atoms with Crippen molar-refractivity contribution in [2.45, 2.75) is 0 Å². The molecule has 2 heteroatoms. The molecule has 3 aromatic carbocycles. The van der Waals surface area contributed by atoms with Gasteiger partial charge in [0.2, 0.25) is 0 Å². The second-order valence-corrected chi connectivity index (χ2v) is 5.18. The van der Waals surface area contributed by atoms with Crippen LogP contribution in [0.1, 0.15) is 16.7 Å². The molecule has 0 aliphatic rings. The van der Waals surface area contributed by atoms with Crippen LogP contribution in [0.2, 0.25) is 0 Å². The van der Waals surface area contributed by atoms with Gasteiger partial charge in [-0.3, -0.25) is 0 Å². The Hall–Kier alpha value is -3.31. The van der Waals surface area contributed by atoms with Gasteiger partial charge in [0.25, 0.3) is 0 Å². The Labute approximate surface area is 136 Å². The van der Waals surface area contributed by atoms with Crippen LogP contribution in [0.3, 0.4) is 0 Å². The molecule has 0 saturated heterocycles. The molecular formula is C21H16N2. The first kappa shape index (κ1) is 14.6. The van der Waals surface area contributed by atoms with Crippen LogP contribution in [0.5, 0.6) is 0 Å². The molecule has 1 N–H and O–H groups in total. The molecule has 0 fully saturated rings. The standard InChI is InChI=1S/C21H16N2/c22-16-19-7-4-8-21(15-19)23-20-13-11-18(12-14-20)10-9-17-5-2-1-3-6-17/h1-15,23H/b10-9+. The lowest BCUT2D eigenvalue weighted by molar-refractivity contribution is 1.47. The number of benzene rings is 3. The molecule has 23 heavy (non-hydrogen) atoms. The summed E-state index contributed by atoms with van der Waals surface area (Å²) in [6.45, 7) is 0. The topological polar surface area (TPSA) is 35.8 Å². The molecular weight excluding hydrogens is 280 g/mol. The summed E-state index contributed by atoms with van der Waals surface area (Å²) in [7, 11) is 0. The van der Waals surface area contributed by atoms with E-state index in [1.807, 2.05) is 48.5 Å². The van der Waals surface area contributed by atoms with Gasteiger partial charge in [0.15, 0.2) is 0 Å². The van der Waals surface area contributed by atoms with Gasteiger partial charge in [0.1, 0.15) is 0 Å². The SMILES string of the molecule is N#Cc1cccc(Nc2ccc(/C=C/c3ccccc3)cc2)c1. The first-order valence-electron chi connectivity index (χ1n) is 7.44. The van der Waals surface area contributed by atoms with Crippen LogP contribution in [0.4, 0.5) is 11.4 Å². The number of nitrogens with one attached hydrogen (secondary N) is 1. The van der Waals surface area contributed by atoms with Gasteiger partial charge in [0, 0.05) is 11.4 Å². The molecule has 3 aromatic rings. The van der Waals surface area contributed by atoms with E-state index < -0.39 is 0 Å². The summed E-state index contributed by atoms with van der Waals surface area (Å²) in [6.07, 6.45) is 4.19. The van der Waals surface area contributed by atoms with Crippen molar-refractivity contribution in [2.24, 2.45) is 0 Å². The van der Waals surface area contributed by atoms with Crippen molar-refractivity contribution < 1.29 is 0 Å². The Morgan fingerprint density at radius 1 is 0.696 bits per heavy atom. The zero-order chi connectivity index (χ0) is 15.9. The van der Waals surface area contributed by atoms with E-state index in [0.717, 1.165) is 16.9 Å². The molecule has 0 bridgehead atoms. The summed E-state index contributed by atoms with van der Waals surface area (Å²) in [5.41, 5.74) is 4.89. The van der Waals surface area contributed by atoms with Crippen molar-refractivity contribution in [3.05, 3.63) is 95.6 Å². The Balaban J connectivity index is 1.70. The van der Waals surface area contributed by atoms with Crippen molar-refractivity contribution in [1.29, 1.82) is 5.26 Å². The summed E-state index contributed by atoms with van der Waals surface area (Å²) < 4.78 is 0. The van der Waals surface area contributed by atoms with Crippen LogP contribution >= 0.6 is 0 Å². The van der Waals surface area contributed by atoms with Gasteiger partial charge in [-0.05, 0) is 41.5 Å². The monoisotopic (exact) mass is 296 g/mol. The van der Waals surface area contributed by atoms with Gasteiger partial charge in [-0.25, -0.2) is 0 Å². The molecule has 2 nitrogen and oxygen atoms in total. The first-order valence-corrected chi connectivity index (χ1v) is 7.44. The minimum Gasteiger partial charge on any atom is -0.355 e. The maximum Gasteiger partial charge on any atom is 0.0992 e. The molecule has 0 spiro atoms. The van der Waals surface area contributed by atoms with Gasteiger partial charge in [-0.2, -0.15) is 5.26 Å².